The van der Waals surface area contributed by atoms with Crippen LogP contribution in [0, 0.1) is 14.9 Å². The van der Waals surface area contributed by atoms with Gasteiger partial charge in [-0.15, -0.1) is 93.9 Å². The average Bonchev–Trinajstić information content (AvgIpc) is 3.73. The van der Waals surface area contributed by atoms with Gasteiger partial charge in [-0.25, -0.2) is 0 Å². The molecule has 0 amide bonds. The van der Waals surface area contributed by atoms with E-state index < -0.39 is 0 Å². The summed E-state index contributed by atoms with van der Waals surface area (Å²) in [5, 5.41) is 5.48. The van der Waals surface area contributed by atoms with Gasteiger partial charge in [0.2, 0.25) is 0 Å². The maximum atomic E-state index is 3.06. The third kappa shape index (κ3) is 11.4. The molecule has 0 spiro atoms. The van der Waals surface area contributed by atoms with Crippen molar-refractivity contribution in [1.82, 2.24) is 0 Å². The molecule has 6 aromatic carbocycles. The molecule has 2 unspecified atom stereocenters. The van der Waals surface area contributed by atoms with Gasteiger partial charge in [-0.1, -0.05) is 127 Å². The monoisotopic (exact) mass is 784 g/mol. The van der Waals surface area contributed by atoms with E-state index in [1.54, 1.807) is 0 Å². The Morgan fingerprint density at radius 3 is 1.47 bits per heavy atom. The molecule has 0 aliphatic carbocycles. The third-order valence-electron chi connectivity index (χ3n) is 9.46. The molecule has 0 heterocycles. The topological polar surface area (TPSA) is 0 Å². The number of halogens is 2. The van der Waals surface area contributed by atoms with Gasteiger partial charge in [-0.05, 0) is 52.8 Å². The second-order valence-corrected chi connectivity index (χ2v) is 12.6. The van der Waals surface area contributed by atoms with Crippen molar-refractivity contribution < 1.29 is 23.3 Å². The summed E-state index contributed by atoms with van der Waals surface area (Å²) in [6.07, 6.45) is 3.48. The molecule has 0 saturated heterocycles. The fourth-order valence-electron chi connectivity index (χ4n) is 6.06. The number of aryl methyl sites for hydroxylation is 1. The van der Waals surface area contributed by atoms with E-state index in [1.807, 2.05) is 0 Å². The van der Waals surface area contributed by atoms with Crippen LogP contribution in [-0.2, 0) is 29.8 Å². The quantitative estimate of drug-likeness (QED) is 0.106. The average molecular weight is 787 g/mol. The third-order valence-corrected chi connectivity index (χ3v) is 9.46. The first kappa shape index (κ1) is 46.8. The van der Waals surface area contributed by atoms with E-state index in [-0.39, 0.29) is 39.7 Å². The second-order valence-electron chi connectivity index (χ2n) is 12.6. The zero-order valence-electron chi connectivity index (χ0n) is 31.1. The van der Waals surface area contributed by atoms with E-state index in [1.165, 1.54) is 102 Å². The van der Waals surface area contributed by atoms with Gasteiger partial charge in [0.05, 0.1) is 0 Å². The van der Waals surface area contributed by atoms with Gasteiger partial charge in [-0.3, -0.25) is 0 Å². The molecule has 6 aromatic rings. The van der Waals surface area contributed by atoms with E-state index in [0.29, 0.717) is 17.8 Å². The van der Waals surface area contributed by atoms with Crippen LogP contribution in [0.1, 0.15) is 101 Å². The Kier molecular flexibility index (Phi) is 21.5. The Morgan fingerprint density at radius 2 is 1.02 bits per heavy atom. The summed E-state index contributed by atoms with van der Waals surface area (Å²) in [6, 6.07) is 40.8. The van der Waals surface area contributed by atoms with Gasteiger partial charge in [0.25, 0.3) is 0 Å². The molecular weight excluding hydrogens is 731 g/mol. The Labute approximate surface area is 328 Å². The van der Waals surface area contributed by atoms with Gasteiger partial charge in [0, 0.05) is 0 Å². The zero-order chi connectivity index (χ0) is 32.5. The summed E-state index contributed by atoms with van der Waals surface area (Å²) in [5.41, 5.74) is 11.1. The van der Waals surface area contributed by atoms with Crippen LogP contribution in [0.3, 0.4) is 0 Å². The van der Waals surface area contributed by atoms with Gasteiger partial charge >= 0.3 is 30.2 Å². The predicted octanol–water partition coefficient (Wildman–Crippen LogP) is 14.5. The molecule has 6 rings (SSSR count). The van der Waals surface area contributed by atoms with Crippen LogP contribution in [0.4, 0.5) is 0 Å². The summed E-state index contributed by atoms with van der Waals surface area (Å²) in [4.78, 5) is 0. The van der Waals surface area contributed by atoms with Gasteiger partial charge in [0.1, 0.15) is 0 Å². The van der Waals surface area contributed by atoms with E-state index in [0.717, 1.165) is 6.42 Å². The fraction of sp³-hybridized carbons (Fsp3) is 0.289. The van der Waals surface area contributed by atoms with E-state index in [4.69, 9.17) is 0 Å². The molecule has 2 radical (unpaired) electrons. The van der Waals surface area contributed by atoms with Crippen molar-refractivity contribution in [2.24, 2.45) is 0 Å². The van der Waals surface area contributed by atoms with Gasteiger partial charge in [-0.2, -0.15) is 12.1 Å². The van der Waals surface area contributed by atoms with Crippen LogP contribution >= 0.6 is 24.8 Å². The fourth-order valence-corrected chi connectivity index (χ4v) is 6.06. The van der Waals surface area contributed by atoms with E-state index in [9.17, 15) is 0 Å². The molecule has 0 aliphatic rings. The van der Waals surface area contributed by atoms with Crippen LogP contribution in [0.25, 0.3) is 43.8 Å². The zero-order valence-corrected chi connectivity index (χ0v) is 36.2. The number of rotatable bonds is 8. The molecule has 0 fully saturated rings. The summed E-state index contributed by atoms with van der Waals surface area (Å²) >= 11 is 1.36. The minimum absolute atomic E-state index is 0. The summed E-state index contributed by atoms with van der Waals surface area (Å²) < 4.78 is 0. The van der Waals surface area contributed by atoms with Crippen LogP contribution in [0.15, 0.2) is 109 Å². The van der Waals surface area contributed by atoms with Crippen LogP contribution in [0.2, 0.25) is 0 Å². The Bertz CT molecular complexity index is 1790. The summed E-state index contributed by atoms with van der Waals surface area (Å²) in [6.45, 7) is 18.9. The SMILES string of the molecule is CCC(C)c1cc2c(-c3ccc(C(C)C)cc3)cccc2[cH-]1.CCc1cc2c(-c3ccc(C(C)CC)cc3)cccc2[cH-]1.Cl.Cl.[CH3-].[CH3-].[Si]=[Zr]. The molecule has 262 valence electrons. The molecule has 0 bridgehead atoms. The van der Waals surface area contributed by atoms with Crippen molar-refractivity contribution in [2.75, 3.05) is 0 Å². The first-order valence-electron chi connectivity index (χ1n) is 16.7. The molecule has 0 aromatic heterocycles. The van der Waals surface area contributed by atoms with Crippen molar-refractivity contribution in [1.29, 1.82) is 0 Å². The molecule has 0 saturated carbocycles. The van der Waals surface area contributed by atoms with Crippen molar-refractivity contribution in [2.45, 2.75) is 85.5 Å². The minimum atomic E-state index is 0. The summed E-state index contributed by atoms with van der Waals surface area (Å²) in [7, 11) is 0. The molecule has 4 heteroatoms. The van der Waals surface area contributed by atoms with Crippen LogP contribution in [0.5, 0.6) is 0 Å². The molecule has 0 aliphatic heterocycles. The second kappa shape index (κ2) is 22.6. The molecular formula is C45H56Cl2SiZr-4. The number of benzene rings is 4. The summed E-state index contributed by atoms with van der Waals surface area (Å²) in [5.74, 6) is 1.85. The number of hydrogen-bond donors (Lipinski definition) is 0. The molecule has 2 atom stereocenters. The normalized spacial score (nSPS) is 11.3. The first-order valence-corrected chi connectivity index (χ1v) is 20.8. The van der Waals surface area contributed by atoms with Crippen molar-refractivity contribution in [3.8, 4) is 22.3 Å². The predicted molar refractivity (Wildman–Crippen MR) is 224 cm³/mol. The van der Waals surface area contributed by atoms with Gasteiger partial charge < -0.3 is 14.9 Å². The maximum absolute atomic E-state index is 3.06. The number of hydrogen-bond acceptors (Lipinski definition) is 0. The van der Waals surface area contributed by atoms with Crippen LogP contribution < -0.4 is 0 Å². The standard InChI is InChI=1S/C22H25.C21H23.2CH3.2ClH.Si.Zr/c1-5-16(4)20-13-19-7-6-8-21(22(19)14-20)18-11-9-17(10-12-18)15(2)3;1-4-15(3)17-9-11-18(12-10-17)20-8-6-7-19-13-16(5-2)14-21(19)20;;;;;;/h6-16H,5H2,1-4H3;6-15H,4-5H2,1-3H3;2*1H3;2*1H;;/q4*-1;;;;. The van der Waals surface area contributed by atoms with Gasteiger partial charge in [0.15, 0.2) is 0 Å². The van der Waals surface area contributed by atoms with Crippen molar-refractivity contribution in [3.63, 3.8) is 0 Å². The van der Waals surface area contributed by atoms with Crippen molar-refractivity contribution in [3.05, 3.63) is 146 Å². The van der Waals surface area contributed by atoms with E-state index in [2.05, 4.69) is 165 Å². The number of fused-ring (bicyclic) bond motifs is 2. The molecule has 0 N–H and O–H groups in total. The Hall–Kier alpha value is -2.22. The van der Waals surface area contributed by atoms with Crippen LogP contribution in [-0.4, -0.2) is 6.88 Å². The molecule has 49 heavy (non-hydrogen) atoms. The van der Waals surface area contributed by atoms with Crippen molar-refractivity contribution >= 4 is 53.2 Å². The molecule has 0 nitrogen and oxygen atoms in total. The van der Waals surface area contributed by atoms with E-state index >= 15 is 0 Å². The Morgan fingerprint density at radius 1 is 0.571 bits per heavy atom. The first-order chi connectivity index (χ1) is 21.8. The Balaban J connectivity index is 0.000000831.